The van der Waals surface area contributed by atoms with Gasteiger partial charge >= 0.3 is 0 Å². The van der Waals surface area contributed by atoms with Crippen LogP contribution in [0.25, 0.3) is 22.3 Å². The van der Waals surface area contributed by atoms with Crippen LogP contribution in [0.15, 0.2) is 33.5 Å². The van der Waals surface area contributed by atoms with Crippen LogP contribution in [-0.4, -0.2) is 125 Å². The molecule has 2 fully saturated rings. The zero-order valence-electron chi connectivity index (χ0n) is 21.8. The summed E-state index contributed by atoms with van der Waals surface area (Å²) in [6.07, 6.45) is -16.1. The summed E-state index contributed by atoms with van der Waals surface area (Å²) < 4.78 is 27.2. The fraction of sp³-hybridized carbons (Fsp3) is 0.423. The fourth-order valence-electron chi connectivity index (χ4n) is 4.63. The van der Waals surface area contributed by atoms with Crippen LogP contribution in [0.3, 0.4) is 0 Å². The van der Waals surface area contributed by atoms with Crippen molar-refractivity contribution in [1.82, 2.24) is 0 Å². The molecule has 2 saturated heterocycles. The van der Waals surface area contributed by atoms with E-state index < -0.39 is 119 Å². The molecule has 5 rings (SSSR count). The molecular formula is C26H28O17. The van der Waals surface area contributed by atoms with Gasteiger partial charge in [-0.2, -0.15) is 0 Å². The second-order valence-corrected chi connectivity index (χ2v) is 9.92. The van der Waals surface area contributed by atoms with Crippen LogP contribution < -0.4 is 14.9 Å². The maximum absolute atomic E-state index is 13.3. The molecule has 2 aliphatic rings. The first-order valence-electron chi connectivity index (χ1n) is 12.7. The lowest BCUT2D eigenvalue weighted by molar-refractivity contribution is -0.277. The van der Waals surface area contributed by atoms with Gasteiger partial charge in [-0.05, 0) is 18.2 Å². The first-order valence-corrected chi connectivity index (χ1v) is 12.7. The van der Waals surface area contributed by atoms with Crippen molar-refractivity contribution in [3.05, 3.63) is 34.5 Å². The van der Waals surface area contributed by atoms with Gasteiger partial charge in [0.2, 0.25) is 29.8 Å². The lowest BCUT2D eigenvalue weighted by atomic mass is 9.99. The maximum atomic E-state index is 13.3. The Morgan fingerprint density at radius 1 is 0.767 bits per heavy atom. The highest BCUT2D eigenvalue weighted by Crippen LogP contribution is 2.51. The molecule has 0 aliphatic carbocycles. The van der Waals surface area contributed by atoms with Crippen molar-refractivity contribution < 1.29 is 79.5 Å². The summed E-state index contributed by atoms with van der Waals surface area (Å²) in [6.45, 7) is -1.37. The van der Waals surface area contributed by atoms with Crippen LogP contribution in [0.2, 0.25) is 0 Å². The Hall–Kier alpha value is -3.91. The van der Waals surface area contributed by atoms with Crippen molar-refractivity contribution in [2.24, 2.45) is 0 Å². The van der Waals surface area contributed by atoms with E-state index in [-0.39, 0.29) is 11.3 Å². The summed E-state index contributed by atoms with van der Waals surface area (Å²) in [6, 6.07) is 4.28. The summed E-state index contributed by atoms with van der Waals surface area (Å²) >= 11 is 0. The van der Waals surface area contributed by atoms with E-state index in [1.807, 2.05) is 0 Å². The summed E-state index contributed by atoms with van der Waals surface area (Å²) in [4.78, 5) is 13.3. The zero-order chi connectivity index (χ0) is 31.3. The molecular weight excluding hydrogens is 584 g/mol. The molecule has 234 valence electrons. The largest absolute Gasteiger partial charge is 0.504 e. The van der Waals surface area contributed by atoms with Crippen molar-refractivity contribution in [1.29, 1.82) is 0 Å². The highest BCUT2D eigenvalue weighted by Gasteiger charge is 2.46. The average Bonchev–Trinajstić information content (AvgIpc) is 2.98. The molecule has 17 heteroatoms. The second-order valence-electron chi connectivity index (χ2n) is 9.92. The number of rotatable bonds is 6. The summed E-state index contributed by atoms with van der Waals surface area (Å²) in [5, 5.41) is 111. The van der Waals surface area contributed by atoms with E-state index in [2.05, 4.69) is 0 Å². The Labute approximate surface area is 239 Å². The number of hydrogen-bond donors (Lipinski definition) is 11. The predicted molar refractivity (Wildman–Crippen MR) is 137 cm³/mol. The number of phenolic OH excluding ortho intramolecular Hbond substituents is 4. The van der Waals surface area contributed by atoms with E-state index in [4.69, 9.17) is 23.4 Å². The Bertz CT molecular complexity index is 1550. The summed E-state index contributed by atoms with van der Waals surface area (Å²) in [7, 11) is 0. The Balaban J connectivity index is 1.67. The number of aromatic hydroxyl groups is 4. The number of aliphatic hydroxyl groups excluding tert-OH is 7. The van der Waals surface area contributed by atoms with Crippen molar-refractivity contribution in [3.63, 3.8) is 0 Å². The first-order chi connectivity index (χ1) is 20.3. The van der Waals surface area contributed by atoms with Gasteiger partial charge in [-0.25, -0.2) is 0 Å². The topological polar surface area (TPSA) is 290 Å². The van der Waals surface area contributed by atoms with Gasteiger partial charge in [0.05, 0.1) is 13.2 Å². The number of fused-ring (bicyclic) bond motifs is 1. The van der Waals surface area contributed by atoms with Gasteiger partial charge < -0.3 is 79.5 Å². The zero-order valence-corrected chi connectivity index (χ0v) is 21.8. The quantitative estimate of drug-likeness (QED) is 0.126. The Kier molecular flexibility index (Phi) is 8.27. The lowest BCUT2D eigenvalue weighted by Crippen LogP contribution is -2.60. The third-order valence-corrected chi connectivity index (χ3v) is 7.07. The van der Waals surface area contributed by atoms with Crippen LogP contribution in [0.5, 0.6) is 34.5 Å². The molecule has 0 saturated carbocycles. The van der Waals surface area contributed by atoms with Gasteiger partial charge in [0.1, 0.15) is 53.9 Å². The third kappa shape index (κ3) is 5.37. The normalized spacial score (nSPS) is 31.2. The van der Waals surface area contributed by atoms with Crippen LogP contribution in [0.1, 0.15) is 0 Å². The SMILES string of the molecule is O=c1cc(-c2ccc(O)c(O)c2)oc2c(O[C@H]3OC[C@@H](O)[C@@H](O)[C@@H]3O)c(O)c(O[C@@H]3O[C@H](CO)[C@@H](O)[C@H](O)[C@H]3O)c(O)c12. The Morgan fingerprint density at radius 3 is 2.12 bits per heavy atom. The molecule has 17 nitrogen and oxygen atoms in total. The minimum atomic E-state index is -2.00. The highest BCUT2D eigenvalue weighted by atomic mass is 16.7. The van der Waals surface area contributed by atoms with E-state index in [0.717, 1.165) is 18.2 Å². The summed E-state index contributed by atoms with van der Waals surface area (Å²) in [5.74, 6) is -5.32. The second kappa shape index (κ2) is 11.6. The van der Waals surface area contributed by atoms with E-state index in [0.29, 0.717) is 0 Å². The standard InChI is InChI=1S/C26H28O17/c27-5-13-16(33)18(35)20(37)26(41-13)42-23-17(34)14-10(30)4-12(7-1-2-8(28)9(29)3-7)40-22(14)24(21(23)38)43-25-19(36)15(32)11(31)6-39-25/h1-4,11,13,15-16,18-20,25-29,31-38H,5-6H2/t11-,13-,15-,16-,18+,19+,20-,25-,26+/m1/s1. The van der Waals surface area contributed by atoms with E-state index >= 15 is 0 Å². The smallest absolute Gasteiger partial charge is 0.229 e. The van der Waals surface area contributed by atoms with Gasteiger partial charge in [0.15, 0.2) is 28.3 Å². The van der Waals surface area contributed by atoms with Gasteiger partial charge in [-0.1, -0.05) is 0 Å². The number of aliphatic hydroxyl groups is 7. The number of benzene rings is 2. The molecule has 3 heterocycles. The molecule has 0 spiro atoms. The lowest BCUT2D eigenvalue weighted by Gasteiger charge is -2.39. The van der Waals surface area contributed by atoms with Gasteiger partial charge in [-0.3, -0.25) is 4.79 Å². The molecule has 9 atom stereocenters. The van der Waals surface area contributed by atoms with Crippen LogP contribution in [0.4, 0.5) is 0 Å². The number of phenols is 4. The number of ether oxygens (including phenoxy) is 4. The van der Waals surface area contributed by atoms with Crippen molar-refractivity contribution in [2.45, 2.75) is 55.3 Å². The van der Waals surface area contributed by atoms with E-state index in [1.54, 1.807) is 0 Å². The molecule has 43 heavy (non-hydrogen) atoms. The third-order valence-electron chi connectivity index (χ3n) is 7.07. The maximum Gasteiger partial charge on any atom is 0.229 e. The van der Waals surface area contributed by atoms with Crippen molar-refractivity contribution in [2.75, 3.05) is 13.2 Å². The number of hydrogen-bond acceptors (Lipinski definition) is 17. The molecule has 0 bridgehead atoms. The summed E-state index contributed by atoms with van der Waals surface area (Å²) in [5.41, 5.74) is -1.60. The average molecular weight is 612 g/mol. The molecule has 0 amide bonds. The monoisotopic (exact) mass is 612 g/mol. The predicted octanol–water partition coefficient (Wildman–Crippen LogP) is -2.72. The fourth-order valence-corrected chi connectivity index (χ4v) is 4.63. The molecule has 0 unspecified atom stereocenters. The van der Waals surface area contributed by atoms with Crippen LogP contribution in [0, 0.1) is 0 Å². The Morgan fingerprint density at radius 2 is 1.44 bits per heavy atom. The molecule has 2 aromatic carbocycles. The van der Waals surface area contributed by atoms with Gasteiger partial charge in [-0.15, -0.1) is 0 Å². The molecule has 3 aromatic rings. The molecule has 11 N–H and O–H groups in total. The van der Waals surface area contributed by atoms with Crippen LogP contribution in [-0.2, 0) is 9.47 Å². The van der Waals surface area contributed by atoms with Crippen LogP contribution >= 0.6 is 0 Å². The molecule has 1 aromatic heterocycles. The minimum absolute atomic E-state index is 0.0494. The minimum Gasteiger partial charge on any atom is -0.504 e. The first kappa shape index (κ1) is 30.5. The molecule has 2 aliphatic heterocycles. The van der Waals surface area contributed by atoms with Crippen molar-refractivity contribution in [3.8, 4) is 45.8 Å². The highest BCUT2D eigenvalue weighted by molar-refractivity contribution is 5.95. The van der Waals surface area contributed by atoms with Gasteiger partial charge in [0.25, 0.3) is 0 Å². The van der Waals surface area contributed by atoms with E-state index in [9.17, 15) is 61.0 Å². The molecule has 0 radical (unpaired) electrons. The van der Waals surface area contributed by atoms with E-state index in [1.165, 1.54) is 6.07 Å². The van der Waals surface area contributed by atoms with Crippen molar-refractivity contribution >= 4 is 11.0 Å². The van der Waals surface area contributed by atoms with Gasteiger partial charge in [0, 0.05) is 11.6 Å².